The Morgan fingerprint density at radius 2 is 2.06 bits per heavy atom. The largest absolute Gasteiger partial charge is 0.618 e. The number of aromatic nitrogens is 1. The molecule has 1 aromatic heterocycles. The van der Waals surface area contributed by atoms with Crippen molar-refractivity contribution in [1.29, 1.82) is 0 Å². The zero-order valence-electron chi connectivity index (χ0n) is 9.46. The Morgan fingerprint density at radius 1 is 1.33 bits per heavy atom. The Balaban J connectivity index is 2.65. The number of nitro benzene ring substituents is 1. The molecular formula is C12H9ClN2O3. The average Bonchev–Trinajstić information content (AvgIpc) is 2.35. The number of non-ortho nitro benzene ring substituents is 1. The highest BCUT2D eigenvalue weighted by Gasteiger charge is 2.17. The fourth-order valence-corrected chi connectivity index (χ4v) is 1.87. The monoisotopic (exact) mass is 264 g/mol. The topological polar surface area (TPSA) is 70.1 Å². The highest BCUT2D eigenvalue weighted by molar-refractivity contribution is 6.31. The molecule has 0 unspecified atom stereocenters. The number of nitrogens with zero attached hydrogens (tertiary/aromatic N) is 2. The zero-order valence-corrected chi connectivity index (χ0v) is 10.2. The molecule has 0 saturated carbocycles. The third kappa shape index (κ3) is 2.12. The molecule has 6 heteroatoms. The van der Waals surface area contributed by atoms with E-state index in [-0.39, 0.29) is 5.69 Å². The van der Waals surface area contributed by atoms with E-state index in [1.807, 2.05) is 0 Å². The molecule has 0 atom stereocenters. The van der Waals surface area contributed by atoms with Crippen molar-refractivity contribution in [3.63, 3.8) is 0 Å². The third-order valence-electron chi connectivity index (χ3n) is 2.62. The molecule has 1 heterocycles. The van der Waals surface area contributed by atoms with Gasteiger partial charge in [0.25, 0.3) is 5.69 Å². The molecule has 0 aliphatic carbocycles. The van der Waals surface area contributed by atoms with E-state index in [2.05, 4.69) is 0 Å². The van der Waals surface area contributed by atoms with Gasteiger partial charge in [0, 0.05) is 23.8 Å². The summed E-state index contributed by atoms with van der Waals surface area (Å²) in [5.74, 6) is 0. The molecule has 92 valence electrons. The van der Waals surface area contributed by atoms with Crippen LogP contribution in [0.5, 0.6) is 0 Å². The minimum Gasteiger partial charge on any atom is -0.618 e. The van der Waals surface area contributed by atoms with Crippen molar-refractivity contribution < 1.29 is 9.65 Å². The van der Waals surface area contributed by atoms with Gasteiger partial charge in [-0.05, 0) is 13.0 Å². The first kappa shape index (κ1) is 12.3. The summed E-state index contributed by atoms with van der Waals surface area (Å²) in [6.07, 6.45) is 1.28. The second-order valence-electron chi connectivity index (χ2n) is 3.77. The predicted octanol–water partition coefficient (Wildman–Crippen LogP) is 2.86. The Kier molecular flexibility index (Phi) is 3.16. The van der Waals surface area contributed by atoms with Gasteiger partial charge in [0.2, 0.25) is 5.69 Å². The Bertz CT molecular complexity index is 629. The maximum Gasteiger partial charge on any atom is 0.270 e. The lowest BCUT2D eigenvalue weighted by atomic mass is 10.1. The summed E-state index contributed by atoms with van der Waals surface area (Å²) in [6, 6.07) is 7.39. The van der Waals surface area contributed by atoms with E-state index in [1.54, 1.807) is 13.0 Å². The molecule has 2 rings (SSSR count). The number of benzene rings is 1. The molecular weight excluding hydrogens is 256 g/mol. The lowest BCUT2D eigenvalue weighted by Crippen LogP contribution is -2.29. The van der Waals surface area contributed by atoms with Crippen LogP contribution in [0.15, 0.2) is 36.5 Å². The molecule has 0 bridgehead atoms. The smallest absolute Gasteiger partial charge is 0.270 e. The van der Waals surface area contributed by atoms with Crippen molar-refractivity contribution >= 4 is 17.3 Å². The Hall–Kier alpha value is -2.14. The molecule has 18 heavy (non-hydrogen) atoms. The van der Waals surface area contributed by atoms with Crippen molar-refractivity contribution in [2.45, 2.75) is 6.92 Å². The summed E-state index contributed by atoms with van der Waals surface area (Å²) in [6.45, 7) is 1.70. The van der Waals surface area contributed by atoms with Gasteiger partial charge in [-0.25, -0.2) is 0 Å². The first-order valence-corrected chi connectivity index (χ1v) is 5.51. The van der Waals surface area contributed by atoms with Gasteiger partial charge < -0.3 is 5.21 Å². The third-order valence-corrected chi connectivity index (χ3v) is 3.03. The van der Waals surface area contributed by atoms with Crippen LogP contribution in [0.1, 0.15) is 5.56 Å². The number of halogens is 1. The number of rotatable bonds is 2. The number of hydrogen-bond acceptors (Lipinski definition) is 3. The van der Waals surface area contributed by atoms with Crippen molar-refractivity contribution in [2.75, 3.05) is 0 Å². The van der Waals surface area contributed by atoms with Crippen molar-refractivity contribution in [2.24, 2.45) is 0 Å². The Morgan fingerprint density at radius 3 is 2.72 bits per heavy atom. The molecule has 0 aliphatic heterocycles. The van der Waals surface area contributed by atoms with E-state index in [1.165, 1.54) is 30.5 Å². The summed E-state index contributed by atoms with van der Waals surface area (Å²) >= 11 is 5.95. The average molecular weight is 265 g/mol. The fourth-order valence-electron chi connectivity index (χ4n) is 1.72. The normalized spacial score (nSPS) is 10.3. The van der Waals surface area contributed by atoms with Gasteiger partial charge >= 0.3 is 0 Å². The molecule has 0 N–H and O–H groups in total. The standard InChI is InChI=1S/C12H9ClN2O3/c1-8-11(13)5-6-14(16)12(8)9-3-2-4-10(7-9)15(17)18/h2-7H,1H3. The van der Waals surface area contributed by atoms with Crippen LogP contribution in [-0.2, 0) is 0 Å². The lowest BCUT2D eigenvalue weighted by molar-refractivity contribution is -0.594. The van der Waals surface area contributed by atoms with Crippen molar-refractivity contribution in [1.82, 2.24) is 0 Å². The molecule has 0 radical (unpaired) electrons. The zero-order chi connectivity index (χ0) is 13.3. The fraction of sp³-hybridized carbons (Fsp3) is 0.0833. The van der Waals surface area contributed by atoms with Gasteiger partial charge in [0.05, 0.1) is 15.5 Å². The minimum atomic E-state index is -0.501. The molecule has 0 saturated heterocycles. The number of hydrogen-bond donors (Lipinski definition) is 0. The molecule has 2 aromatic rings. The maximum atomic E-state index is 11.8. The van der Waals surface area contributed by atoms with Gasteiger partial charge in [-0.3, -0.25) is 10.1 Å². The second-order valence-corrected chi connectivity index (χ2v) is 4.18. The van der Waals surface area contributed by atoms with Gasteiger partial charge in [0.15, 0.2) is 6.20 Å². The van der Waals surface area contributed by atoms with Crippen LogP contribution < -0.4 is 4.73 Å². The predicted molar refractivity (Wildman–Crippen MR) is 67.2 cm³/mol. The number of nitro groups is 1. The first-order valence-electron chi connectivity index (χ1n) is 5.14. The van der Waals surface area contributed by atoms with Crippen LogP contribution in [0.3, 0.4) is 0 Å². The molecule has 1 aromatic carbocycles. The van der Waals surface area contributed by atoms with Gasteiger partial charge in [0.1, 0.15) is 0 Å². The summed E-state index contributed by atoms with van der Waals surface area (Å²) in [5.41, 5.74) is 1.33. The van der Waals surface area contributed by atoms with E-state index in [9.17, 15) is 15.3 Å². The minimum absolute atomic E-state index is 0.0631. The van der Waals surface area contributed by atoms with E-state index in [0.29, 0.717) is 26.6 Å². The highest BCUT2D eigenvalue weighted by Crippen LogP contribution is 2.27. The van der Waals surface area contributed by atoms with E-state index >= 15 is 0 Å². The van der Waals surface area contributed by atoms with Crippen LogP contribution in [0.4, 0.5) is 5.69 Å². The van der Waals surface area contributed by atoms with Gasteiger partial charge in [-0.1, -0.05) is 17.7 Å². The number of pyridine rings is 1. The van der Waals surface area contributed by atoms with E-state index < -0.39 is 4.92 Å². The van der Waals surface area contributed by atoms with Crippen molar-refractivity contribution in [3.8, 4) is 11.3 Å². The molecule has 5 nitrogen and oxygen atoms in total. The first-order chi connectivity index (χ1) is 8.50. The lowest BCUT2D eigenvalue weighted by Gasteiger charge is -2.08. The molecule has 0 spiro atoms. The highest BCUT2D eigenvalue weighted by atomic mass is 35.5. The van der Waals surface area contributed by atoms with Crippen LogP contribution in [-0.4, -0.2) is 4.92 Å². The summed E-state index contributed by atoms with van der Waals surface area (Å²) in [7, 11) is 0. The van der Waals surface area contributed by atoms with Crippen LogP contribution >= 0.6 is 11.6 Å². The Labute approximate surface area is 108 Å². The molecule has 0 amide bonds. The van der Waals surface area contributed by atoms with Crippen molar-refractivity contribution in [3.05, 3.63) is 62.4 Å². The summed E-state index contributed by atoms with van der Waals surface area (Å²) < 4.78 is 0.653. The SMILES string of the molecule is Cc1c(Cl)cc[n+]([O-])c1-c1cccc([N+](=O)[O-])c1. The summed E-state index contributed by atoms with van der Waals surface area (Å²) in [4.78, 5) is 10.2. The molecule has 0 aliphatic rings. The van der Waals surface area contributed by atoms with Gasteiger partial charge in [-0.15, -0.1) is 0 Å². The molecule has 0 fully saturated rings. The van der Waals surface area contributed by atoms with Crippen LogP contribution in [0.25, 0.3) is 11.3 Å². The van der Waals surface area contributed by atoms with Gasteiger partial charge in [-0.2, -0.15) is 4.73 Å². The quantitative estimate of drug-likeness (QED) is 0.362. The van der Waals surface area contributed by atoms with Crippen LogP contribution in [0, 0.1) is 22.2 Å². The van der Waals surface area contributed by atoms with Crippen LogP contribution in [0.2, 0.25) is 5.02 Å². The summed E-state index contributed by atoms with van der Waals surface area (Å²) in [5, 5.41) is 22.9. The van der Waals surface area contributed by atoms with E-state index in [0.717, 1.165) is 0 Å². The second kappa shape index (κ2) is 4.62. The van der Waals surface area contributed by atoms with E-state index in [4.69, 9.17) is 11.6 Å². The maximum absolute atomic E-state index is 11.8.